The van der Waals surface area contributed by atoms with Crippen molar-refractivity contribution < 1.29 is 17.9 Å². The summed E-state index contributed by atoms with van der Waals surface area (Å²) in [5, 5.41) is 2.76. The van der Waals surface area contributed by atoms with Crippen molar-refractivity contribution in [3.63, 3.8) is 0 Å². The molecule has 0 radical (unpaired) electrons. The fourth-order valence-electron chi connectivity index (χ4n) is 2.45. The second-order valence-electron chi connectivity index (χ2n) is 6.60. The molecule has 7 heteroatoms. The maximum Gasteiger partial charge on any atom is 0.243 e. The SMILES string of the molecule is Cc1ccc(OC[C@H](C)NC(=O)CN(C)S(=O)(=O)c2ccccc2)cc1C. The lowest BCUT2D eigenvalue weighted by atomic mass is 10.1. The molecule has 0 saturated heterocycles. The molecule has 6 nitrogen and oxygen atoms in total. The molecule has 1 N–H and O–H groups in total. The van der Waals surface area contributed by atoms with Gasteiger partial charge in [0.05, 0.1) is 17.5 Å². The van der Waals surface area contributed by atoms with Crippen molar-refractivity contribution in [2.24, 2.45) is 0 Å². The number of hydrogen-bond donors (Lipinski definition) is 1. The van der Waals surface area contributed by atoms with Gasteiger partial charge in [-0.3, -0.25) is 4.79 Å². The monoisotopic (exact) mass is 390 g/mol. The molecule has 0 aromatic heterocycles. The van der Waals surface area contributed by atoms with Crippen LogP contribution in [0.2, 0.25) is 0 Å². The number of benzene rings is 2. The van der Waals surface area contributed by atoms with E-state index in [4.69, 9.17) is 4.74 Å². The normalized spacial score (nSPS) is 12.6. The molecule has 0 unspecified atom stereocenters. The summed E-state index contributed by atoms with van der Waals surface area (Å²) in [5.41, 5.74) is 2.32. The van der Waals surface area contributed by atoms with Crippen LogP contribution in [0, 0.1) is 13.8 Å². The van der Waals surface area contributed by atoms with E-state index in [0.717, 1.165) is 15.6 Å². The first kappa shape index (κ1) is 20.9. The molecule has 1 amide bonds. The zero-order valence-corrected chi connectivity index (χ0v) is 16.9. The Labute approximate surface area is 161 Å². The molecule has 0 fully saturated rings. The van der Waals surface area contributed by atoms with Crippen LogP contribution in [0.25, 0.3) is 0 Å². The van der Waals surface area contributed by atoms with Crippen molar-refractivity contribution in [2.45, 2.75) is 31.7 Å². The first-order valence-corrected chi connectivity index (χ1v) is 10.1. The van der Waals surface area contributed by atoms with Gasteiger partial charge < -0.3 is 10.1 Å². The van der Waals surface area contributed by atoms with Gasteiger partial charge in [-0.05, 0) is 56.2 Å². The number of nitrogens with one attached hydrogen (secondary N) is 1. The molecule has 0 aliphatic rings. The maximum absolute atomic E-state index is 12.4. The maximum atomic E-state index is 12.4. The molecule has 2 aromatic rings. The summed E-state index contributed by atoms with van der Waals surface area (Å²) in [6.45, 7) is 5.89. The van der Waals surface area contributed by atoms with E-state index in [1.807, 2.05) is 39.0 Å². The Morgan fingerprint density at radius 3 is 2.41 bits per heavy atom. The molecule has 0 aliphatic carbocycles. The van der Waals surface area contributed by atoms with Crippen LogP contribution in [0.15, 0.2) is 53.4 Å². The van der Waals surface area contributed by atoms with Gasteiger partial charge in [0.15, 0.2) is 0 Å². The lowest BCUT2D eigenvalue weighted by molar-refractivity contribution is -0.121. The Morgan fingerprint density at radius 2 is 1.78 bits per heavy atom. The van der Waals surface area contributed by atoms with Crippen molar-refractivity contribution in [3.05, 3.63) is 59.7 Å². The summed E-state index contributed by atoms with van der Waals surface area (Å²) >= 11 is 0. The smallest absolute Gasteiger partial charge is 0.243 e. The Balaban J connectivity index is 1.86. The number of aryl methyl sites for hydroxylation is 2. The van der Waals surface area contributed by atoms with Crippen LogP contribution in [0.4, 0.5) is 0 Å². The Morgan fingerprint density at radius 1 is 1.11 bits per heavy atom. The number of amides is 1. The Kier molecular flexibility index (Phi) is 6.98. The first-order valence-electron chi connectivity index (χ1n) is 8.71. The van der Waals surface area contributed by atoms with E-state index in [9.17, 15) is 13.2 Å². The van der Waals surface area contributed by atoms with Crippen molar-refractivity contribution in [1.82, 2.24) is 9.62 Å². The topological polar surface area (TPSA) is 75.7 Å². The quantitative estimate of drug-likeness (QED) is 0.751. The van der Waals surface area contributed by atoms with E-state index in [1.54, 1.807) is 18.2 Å². The molecule has 2 rings (SSSR count). The lowest BCUT2D eigenvalue weighted by Gasteiger charge is -2.19. The predicted octanol–water partition coefficient (Wildman–Crippen LogP) is 2.51. The van der Waals surface area contributed by atoms with Crippen LogP contribution in [0.1, 0.15) is 18.1 Å². The highest BCUT2D eigenvalue weighted by atomic mass is 32.2. The van der Waals surface area contributed by atoms with Gasteiger partial charge in [0.25, 0.3) is 0 Å². The fraction of sp³-hybridized carbons (Fsp3) is 0.350. The number of carbonyl (C=O) groups excluding carboxylic acids is 1. The third-order valence-corrected chi connectivity index (χ3v) is 6.02. The zero-order valence-electron chi connectivity index (χ0n) is 16.1. The molecule has 0 aliphatic heterocycles. The van der Waals surface area contributed by atoms with Crippen LogP contribution in [0.5, 0.6) is 5.75 Å². The Hall–Kier alpha value is -2.38. The minimum Gasteiger partial charge on any atom is -0.491 e. The van der Waals surface area contributed by atoms with E-state index >= 15 is 0 Å². The fourth-order valence-corrected chi connectivity index (χ4v) is 3.59. The van der Waals surface area contributed by atoms with Gasteiger partial charge in [-0.1, -0.05) is 24.3 Å². The third-order valence-electron chi connectivity index (χ3n) is 4.20. The standard InChI is InChI=1S/C20H26N2O4S/c1-15-10-11-18(12-16(15)2)26-14-17(3)21-20(23)13-22(4)27(24,25)19-8-6-5-7-9-19/h5-12,17H,13-14H2,1-4H3,(H,21,23)/t17-/m0/s1. The second-order valence-corrected chi connectivity index (χ2v) is 8.64. The number of sulfonamides is 1. The molecule has 0 saturated carbocycles. The minimum absolute atomic E-state index is 0.159. The van der Waals surface area contributed by atoms with Gasteiger partial charge in [-0.15, -0.1) is 0 Å². The van der Waals surface area contributed by atoms with Crippen molar-refractivity contribution >= 4 is 15.9 Å². The number of nitrogens with zero attached hydrogens (tertiary/aromatic N) is 1. The number of ether oxygens (including phenoxy) is 1. The van der Waals surface area contributed by atoms with E-state index in [0.29, 0.717) is 6.61 Å². The largest absolute Gasteiger partial charge is 0.491 e. The van der Waals surface area contributed by atoms with Crippen molar-refractivity contribution in [3.8, 4) is 5.75 Å². The highest BCUT2D eigenvalue weighted by Gasteiger charge is 2.23. The van der Waals surface area contributed by atoms with Gasteiger partial charge in [-0.2, -0.15) is 4.31 Å². The summed E-state index contributed by atoms with van der Waals surface area (Å²) in [4.78, 5) is 12.3. The van der Waals surface area contributed by atoms with Crippen LogP contribution >= 0.6 is 0 Å². The van der Waals surface area contributed by atoms with Crippen LogP contribution in [-0.4, -0.2) is 44.9 Å². The predicted molar refractivity (Wildman–Crippen MR) is 105 cm³/mol. The molecule has 27 heavy (non-hydrogen) atoms. The number of carbonyl (C=O) groups is 1. The van der Waals surface area contributed by atoms with E-state index in [-0.39, 0.29) is 23.4 Å². The van der Waals surface area contributed by atoms with Crippen LogP contribution in [-0.2, 0) is 14.8 Å². The molecular formula is C20H26N2O4S. The van der Waals surface area contributed by atoms with E-state index < -0.39 is 10.0 Å². The number of hydrogen-bond acceptors (Lipinski definition) is 4. The number of likely N-dealkylation sites (N-methyl/N-ethyl adjacent to an activating group) is 1. The lowest BCUT2D eigenvalue weighted by Crippen LogP contribution is -2.43. The molecule has 0 heterocycles. The molecule has 0 spiro atoms. The average molecular weight is 391 g/mol. The highest BCUT2D eigenvalue weighted by Crippen LogP contribution is 2.16. The zero-order chi connectivity index (χ0) is 20.0. The molecule has 0 bridgehead atoms. The Bertz CT molecular complexity index is 882. The summed E-state index contributed by atoms with van der Waals surface area (Å²) < 4.78 is 31.6. The van der Waals surface area contributed by atoms with Gasteiger partial charge >= 0.3 is 0 Å². The summed E-state index contributed by atoms with van der Waals surface area (Å²) in [5.74, 6) is 0.358. The van der Waals surface area contributed by atoms with Gasteiger partial charge in [0.1, 0.15) is 12.4 Å². The molecule has 1 atom stereocenters. The van der Waals surface area contributed by atoms with Crippen LogP contribution in [0.3, 0.4) is 0 Å². The van der Waals surface area contributed by atoms with E-state index in [2.05, 4.69) is 5.32 Å². The van der Waals surface area contributed by atoms with Gasteiger partial charge in [-0.25, -0.2) is 8.42 Å². The molecular weight excluding hydrogens is 364 g/mol. The number of rotatable bonds is 8. The van der Waals surface area contributed by atoms with E-state index in [1.165, 1.54) is 24.7 Å². The summed E-state index contributed by atoms with van der Waals surface area (Å²) in [6.07, 6.45) is 0. The average Bonchev–Trinajstić information content (AvgIpc) is 2.63. The summed E-state index contributed by atoms with van der Waals surface area (Å²) in [7, 11) is -2.31. The highest BCUT2D eigenvalue weighted by molar-refractivity contribution is 7.89. The molecule has 146 valence electrons. The van der Waals surface area contributed by atoms with Crippen molar-refractivity contribution in [2.75, 3.05) is 20.2 Å². The summed E-state index contributed by atoms with van der Waals surface area (Å²) in [6, 6.07) is 13.6. The van der Waals surface area contributed by atoms with Crippen LogP contribution < -0.4 is 10.1 Å². The van der Waals surface area contributed by atoms with Gasteiger partial charge in [0, 0.05) is 7.05 Å². The van der Waals surface area contributed by atoms with Crippen molar-refractivity contribution in [1.29, 1.82) is 0 Å². The second kappa shape index (κ2) is 9.01. The first-order chi connectivity index (χ1) is 12.7. The molecule has 2 aromatic carbocycles. The minimum atomic E-state index is -3.69. The van der Waals surface area contributed by atoms with Gasteiger partial charge in [0.2, 0.25) is 15.9 Å². The third kappa shape index (κ3) is 5.80.